The lowest BCUT2D eigenvalue weighted by Gasteiger charge is -1.97. The summed E-state index contributed by atoms with van der Waals surface area (Å²) in [5.41, 5.74) is 0.633. The number of aliphatic hydroxyl groups excluding tert-OH is 1. The molecule has 58 valence electrons. The first-order valence-corrected chi connectivity index (χ1v) is 4.03. The Labute approximate surface area is 72.2 Å². The summed E-state index contributed by atoms with van der Waals surface area (Å²) in [5, 5.41) is 9.27. The molecule has 3 nitrogen and oxygen atoms in total. The van der Waals surface area contributed by atoms with Crippen LogP contribution < -0.4 is 4.74 Å². The maximum Gasteiger partial charge on any atom is 0.144 e. The lowest BCUT2D eigenvalue weighted by molar-refractivity contribution is 0.138. The number of hydrogen-bond acceptors (Lipinski definition) is 3. The van der Waals surface area contributed by atoms with Crippen molar-refractivity contribution in [1.29, 1.82) is 0 Å². The van der Waals surface area contributed by atoms with Gasteiger partial charge in [-0.3, -0.25) is 4.98 Å². The number of aliphatic hydroxyl groups is 1. The third kappa shape index (κ3) is 1.12. The molecule has 0 fully saturated rings. The molecule has 2 heterocycles. The standard InChI is InChI=1S/C7H6BrNO2/c8-4-1-6-7(9-2-4)5(10)3-11-6/h1-2,5,10H,3H2/t5-/m0/s1. The molecular formula is C7H6BrNO2. The van der Waals surface area contributed by atoms with Crippen LogP contribution in [0.5, 0.6) is 5.75 Å². The lowest BCUT2D eigenvalue weighted by Crippen LogP contribution is -1.98. The fourth-order valence-electron chi connectivity index (χ4n) is 1.04. The molecule has 0 unspecified atom stereocenters. The average Bonchev–Trinajstić information content (AvgIpc) is 2.32. The van der Waals surface area contributed by atoms with E-state index in [9.17, 15) is 5.11 Å². The molecule has 1 N–H and O–H groups in total. The predicted octanol–water partition coefficient (Wildman–Crippen LogP) is 1.27. The van der Waals surface area contributed by atoms with Gasteiger partial charge in [-0.25, -0.2) is 0 Å². The molecule has 0 spiro atoms. The van der Waals surface area contributed by atoms with Gasteiger partial charge in [-0.2, -0.15) is 0 Å². The highest BCUT2D eigenvalue weighted by molar-refractivity contribution is 9.10. The zero-order valence-corrected chi connectivity index (χ0v) is 7.21. The summed E-state index contributed by atoms with van der Waals surface area (Å²) < 4.78 is 6.02. The van der Waals surface area contributed by atoms with Gasteiger partial charge in [-0.05, 0) is 22.0 Å². The van der Waals surface area contributed by atoms with Gasteiger partial charge >= 0.3 is 0 Å². The van der Waals surface area contributed by atoms with E-state index in [1.165, 1.54) is 0 Å². The number of fused-ring (bicyclic) bond motifs is 1. The van der Waals surface area contributed by atoms with Crippen molar-refractivity contribution in [1.82, 2.24) is 4.98 Å². The summed E-state index contributed by atoms with van der Waals surface area (Å²) in [6.45, 7) is 0.318. The first kappa shape index (κ1) is 7.06. The Morgan fingerprint density at radius 1 is 1.73 bits per heavy atom. The minimum Gasteiger partial charge on any atom is -0.488 e. The summed E-state index contributed by atoms with van der Waals surface area (Å²) in [5.74, 6) is 0.673. The number of hydrogen-bond donors (Lipinski definition) is 1. The highest BCUT2D eigenvalue weighted by Gasteiger charge is 2.22. The van der Waals surface area contributed by atoms with Gasteiger partial charge < -0.3 is 9.84 Å². The van der Waals surface area contributed by atoms with Crippen molar-refractivity contribution in [3.05, 3.63) is 22.4 Å². The largest absolute Gasteiger partial charge is 0.488 e. The molecule has 0 bridgehead atoms. The average molecular weight is 216 g/mol. The molecule has 0 saturated heterocycles. The van der Waals surface area contributed by atoms with Gasteiger partial charge in [0.05, 0.1) is 0 Å². The summed E-state index contributed by atoms with van der Waals surface area (Å²) in [6, 6.07) is 1.80. The first-order valence-electron chi connectivity index (χ1n) is 3.23. The second-order valence-corrected chi connectivity index (χ2v) is 3.28. The van der Waals surface area contributed by atoms with Crippen LogP contribution in [0.1, 0.15) is 11.8 Å². The molecule has 11 heavy (non-hydrogen) atoms. The molecule has 0 saturated carbocycles. The van der Waals surface area contributed by atoms with Crippen LogP contribution in [0.4, 0.5) is 0 Å². The van der Waals surface area contributed by atoms with Gasteiger partial charge in [-0.15, -0.1) is 0 Å². The summed E-state index contributed by atoms with van der Waals surface area (Å²) >= 11 is 3.26. The minimum absolute atomic E-state index is 0.318. The Morgan fingerprint density at radius 2 is 2.55 bits per heavy atom. The van der Waals surface area contributed by atoms with Crippen molar-refractivity contribution in [2.75, 3.05) is 6.61 Å². The monoisotopic (exact) mass is 215 g/mol. The summed E-state index contributed by atoms with van der Waals surface area (Å²) in [7, 11) is 0. The molecule has 0 aromatic carbocycles. The van der Waals surface area contributed by atoms with Gasteiger partial charge in [0.15, 0.2) is 0 Å². The van der Waals surface area contributed by atoms with E-state index in [4.69, 9.17) is 4.74 Å². The second-order valence-electron chi connectivity index (χ2n) is 2.36. The molecule has 2 rings (SSSR count). The van der Waals surface area contributed by atoms with Crippen molar-refractivity contribution >= 4 is 15.9 Å². The molecule has 1 aromatic heterocycles. The van der Waals surface area contributed by atoms with Crippen LogP contribution in [-0.2, 0) is 0 Å². The van der Waals surface area contributed by atoms with Gasteiger partial charge in [0, 0.05) is 10.7 Å². The first-order chi connectivity index (χ1) is 5.27. The molecule has 0 amide bonds. The van der Waals surface area contributed by atoms with Crippen LogP contribution in [-0.4, -0.2) is 16.7 Å². The van der Waals surface area contributed by atoms with Gasteiger partial charge in [-0.1, -0.05) is 0 Å². The third-order valence-electron chi connectivity index (χ3n) is 1.56. The van der Waals surface area contributed by atoms with Gasteiger partial charge in [0.25, 0.3) is 0 Å². The highest BCUT2D eigenvalue weighted by Crippen LogP contribution is 2.31. The fourth-order valence-corrected chi connectivity index (χ4v) is 1.36. The Balaban J connectivity index is 2.50. The highest BCUT2D eigenvalue weighted by atomic mass is 79.9. The van der Waals surface area contributed by atoms with Crippen molar-refractivity contribution in [3.63, 3.8) is 0 Å². The summed E-state index contributed by atoms with van der Waals surface area (Å²) in [6.07, 6.45) is 1.09. The lowest BCUT2D eigenvalue weighted by atomic mass is 10.2. The quantitative estimate of drug-likeness (QED) is 0.709. The van der Waals surface area contributed by atoms with Crippen LogP contribution in [0.15, 0.2) is 16.7 Å². The number of ether oxygens (including phenoxy) is 1. The predicted molar refractivity (Wildman–Crippen MR) is 42.4 cm³/mol. The summed E-state index contributed by atoms with van der Waals surface area (Å²) in [4.78, 5) is 4.02. The van der Waals surface area contributed by atoms with Crippen molar-refractivity contribution in [2.24, 2.45) is 0 Å². The maximum absolute atomic E-state index is 9.27. The Hall–Kier alpha value is -0.610. The van der Waals surface area contributed by atoms with Gasteiger partial charge in [0.1, 0.15) is 24.2 Å². The van der Waals surface area contributed by atoms with Crippen LogP contribution >= 0.6 is 15.9 Å². The Bertz CT molecular complexity index is 290. The smallest absolute Gasteiger partial charge is 0.144 e. The van der Waals surface area contributed by atoms with Crippen LogP contribution in [0, 0.1) is 0 Å². The van der Waals surface area contributed by atoms with E-state index in [0.717, 1.165) is 4.47 Å². The molecule has 1 aromatic rings. The van der Waals surface area contributed by atoms with Crippen molar-refractivity contribution in [2.45, 2.75) is 6.10 Å². The molecule has 4 heteroatoms. The second kappa shape index (κ2) is 2.46. The molecule has 0 radical (unpaired) electrons. The van der Waals surface area contributed by atoms with E-state index in [2.05, 4.69) is 20.9 Å². The maximum atomic E-state index is 9.27. The van der Waals surface area contributed by atoms with Crippen molar-refractivity contribution in [3.8, 4) is 5.75 Å². The number of pyridine rings is 1. The Morgan fingerprint density at radius 3 is 3.36 bits per heavy atom. The number of rotatable bonds is 0. The van der Waals surface area contributed by atoms with Crippen LogP contribution in [0.2, 0.25) is 0 Å². The number of aromatic nitrogens is 1. The Kier molecular flexibility index (Phi) is 1.58. The van der Waals surface area contributed by atoms with Crippen LogP contribution in [0.25, 0.3) is 0 Å². The van der Waals surface area contributed by atoms with E-state index in [1.807, 2.05) is 0 Å². The van der Waals surface area contributed by atoms with Gasteiger partial charge in [0.2, 0.25) is 0 Å². The number of nitrogens with zero attached hydrogens (tertiary/aromatic N) is 1. The fraction of sp³-hybridized carbons (Fsp3) is 0.286. The topological polar surface area (TPSA) is 42.4 Å². The molecular weight excluding hydrogens is 210 g/mol. The number of halogens is 1. The van der Waals surface area contributed by atoms with Crippen LogP contribution in [0.3, 0.4) is 0 Å². The molecule has 1 aliphatic heterocycles. The molecule has 1 atom stereocenters. The molecule has 0 aliphatic carbocycles. The molecule has 1 aliphatic rings. The third-order valence-corrected chi connectivity index (χ3v) is 1.99. The van der Waals surface area contributed by atoms with E-state index in [0.29, 0.717) is 18.1 Å². The zero-order valence-electron chi connectivity index (χ0n) is 5.62. The minimum atomic E-state index is -0.557. The van der Waals surface area contributed by atoms with E-state index in [-0.39, 0.29) is 0 Å². The van der Waals surface area contributed by atoms with E-state index >= 15 is 0 Å². The normalized spacial score (nSPS) is 21.1. The van der Waals surface area contributed by atoms with E-state index < -0.39 is 6.10 Å². The van der Waals surface area contributed by atoms with Crippen molar-refractivity contribution < 1.29 is 9.84 Å². The van der Waals surface area contributed by atoms with E-state index in [1.54, 1.807) is 12.3 Å². The zero-order chi connectivity index (χ0) is 7.84. The SMILES string of the molecule is O[C@H]1COc2cc(Br)cnc21.